The molecule has 2 rings (SSSR count). The molecule has 2 amide bonds. The lowest BCUT2D eigenvalue weighted by atomic mass is 9.84. The van der Waals surface area contributed by atoms with Gasteiger partial charge in [0.05, 0.1) is 12.1 Å². The van der Waals surface area contributed by atoms with E-state index in [1.165, 1.54) is 11.8 Å². The van der Waals surface area contributed by atoms with E-state index < -0.39 is 35.4 Å². The van der Waals surface area contributed by atoms with Crippen LogP contribution in [0.1, 0.15) is 47.1 Å². The van der Waals surface area contributed by atoms with Gasteiger partial charge in [0.15, 0.2) is 0 Å². The summed E-state index contributed by atoms with van der Waals surface area (Å²) in [4.78, 5) is 39.6. The molecule has 0 spiro atoms. The maximum atomic E-state index is 13.6. The minimum Gasteiger partial charge on any atom is -0.478 e. The van der Waals surface area contributed by atoms with Gasteiger partial charge in [-0.25, -0.2) is 4.79 Å². The van der Waals surface area contributed by atoms with Gasteiger partial charge < -0.3 is 21.1 Å². The van der Waals surface area contributed by atoms with Crippen LogP contribution >= 0.6 is 0 Å². The summed E-state index contributed by atoms with van der Waals surface area (Å²) >= 11 is 0. The maximum absolute atomic E-state index is 13.6. The molecule has 2 aromatic rings. The fourth-order valence-corrected chi connectivity index (χ4v) is 4.13. The third-order valence-electron chi connectivity index (χ3n) is 6.29. The molecule has 0 saturated carbocycles. The topological polar surface area (TPSA) is 113 Å². The van der Waals surface area contributed by atoms with Crippen LogP contribution in [-0.4, -0.2) is 53.0 Å². The number of carbonyl (C=O) groups is 3. The third kappa shape index (κ3) is 7.15. The summed E-state index contributed by atoms with van der Waals surface area (Å²) in [6.07, 6.45) is 1.92. The standard InChI is InChI=1S/C28H39N3O4/c1-17(2)23(15-18(3)27(34)35)31(7)26(33)24(28(4,5)6)30-25(32)22(29)16-20-13-10-12-19-11-8-9-14-21(19)20/h8-15,17,22-24H,16,29H2,1-7H3,(H,30,32)(H,34,35)/t22-,23+,24+/m0/s1. The number of carboxylic acid groups (broad SMARTS) is 1. The highest BCUT2D eigenvalue weighted by molar-refractivity contribution is 5.92. The van der Waals surface area contributed by atoms with Gasteiger partial charge in [0.2, 0.25) is 11.8 Å². The number of nitrogens with two attached hydrogens (primary N) is 1. The van der Waals surface area contributed by atoms with Crippen molar-refractivity contribution in [3.63, 3.8) is 0 Å². The van der Waals surface area contributed by atoms with Gasteiger partial charge in [0.25, 0.3) is 0 Å². The largest absolute Gasteiger partial charge is 0.478 e. The van der Waals surface area contributed by atoms with Gasteiger partial charge in [-0.15, -0.1) is 0 Å². The first kappa shape index (κ1) is 28.1. The normalized spacial score (nSPS) is 14.9. The van der Waals surface area contributed by atoms with Gasteiger partial charge in [-0.1, -0.05) is 83.2 Å². The molecule has 0 aliphatic rings. The van der Waals surface area contributed by atoms with E-state index >= 15 is 0 Å². The van der Waals surface area contributed by atoms with Crippen LogP contribution in [0.5, 0.6) is 0 Å². The monoisotopic (exact) mass is 481 g/mol. The Labute approximate surface area is 208 Å². The highest BCUT2D eigenvalue weighted by Crippen LogP contribution is 2.24. The third-order valence-corrected chi connectivity index (χ3v) is 6.29. The van der Waals surface area contributed by atoms with Crippen LogP contribution in [0, 0.1) is 11.3 Å². The number of carboxylic acids is 1. The van der Waals surface area contributed by atoms with Gasteiger partial charge in [-0.3, -0.25) is 9.59 Å². The molecule has 0 aliphatic heterocycles. The number of hydrogen-bond donors (Lipinski definition) is 3. The molecule has 7 heteroatoms. The smallest absolute Gasteiger partial charge is 0.331 e. The predicted molar refractivity (Wildman–Crippen MR) is 140 cm³/mol. The first-order chi connectivity index (χ1) is 16.2. The molecule has 0 radical (unpaired) electrons. The summed E-state index contributed by atoms with van der Waals surface area (Å²) in [7, 11) is 1.64. The van der Waals surface area contributed by atoms with Crippen molar-refractivity contribution in [3.8, 4) is 0 Å². The Morgan fingerprint density at radius 3 is 2.26 bits per heavy atom. The lowest BCUT2D eigenvalue weighted by molar-refractivity contribution is -0.140. The molecule has 0 heterocycles. The predicted octanol–water partition coefficient (Wildman–Crippen LogP) is 3.75. The van der Waals surface area contributed by atoms with E-state index in [4.69, 9.17) is 5.73 Å². The molecule has 35 heavy (non-hydrogen) atoms. The van der Waals surface area contributed by atoms with Crippen LogP contribution < -0.4 is 11.1 Å². The van der Waals surface area contributed by atoms with E-state index in [1.807, 2.05) is 77.1 Å². The first-order valence-corrected chi connectivity index (χ1v) is 11.9. The highest BCUT2D eigenvalue weighted by atomic mass is 16.4. The number of nitrogens with zero attached hydrogens (tertiary/aromatic N) is 1. The molecule has 0 aromatic heterocycles. The molecular formula is C28H39N3O4. The Kier molecular flexibility index (Phi) is 9.21. The number of aliphatic carboxylic acids is 1. The second kappa shape index (κ2) is 11.5. The van der Waals surface area contributed by atoms with E-state index in [2.05, 4.69) is 5.32 Å². The van der Waals surface area contributed by atoms with Crippen molar-refractivity contribution in [1.82, 2.24) is 10.2 Å². The van der Waals surface area contributed by atoms with Crippen molar-refractivity contribution in [3.05, 3.63) is 59.7 Å². The van der Waals surface area contributed by atoms with Crippen LogP contribution in [0.25, 0.3) is 10.8 Å². The fourth-order valence-electron chi connectivity index (χ4n) is 4.13. The first-order valence-electron chi connectivity index (χ1n) is 11.9. The fraction of sp³-hybridized carbons (Fsp3) is 0.464. The minimum atomic E-state index is -1.03. The molecule has 0 aliphatic carbocycles. The summed E-state index contributed by atoms with van der Waals surface area (Å²) in [6, 6.07) is 11.7. The molecule has 2 aromatic carbocycles. The van der Waals surface area contributed by atoms with Crippen LogP contribution in [-0.2, 0) is 20.8 Å². The maximum Gasteiger partial charge on any atom is 0.331 e. The van der Waals surface area contributed by atoms with E-state index in [0.29, 0.717) is 6.42 Å². The molecular weight excluding hydrogens is 442 g/mol. The number of nitrogens with one attached hydrogen (secondary N) is 1. The van der Waals surface area contributed by atoms with Gasteiger partial charge in [0.1, 0.15) is 6.04 Å². The summed E-state index contributed by atoms with van der Waals surface area (Å²) < 4.78 is 0. The van der Waals surface area contributed by atoms with Crippen molar-refractivity contribution >= 4 is 28.6 Å². The Balaban J connectivity index is 2.25. The van der Waals surface area contributed by atoms with Crippen molar-refractivity contribution in [2.24, 2.45) is 17.1 Å². The molecule has 0 bridgehead atoms. The lowest BCUT2D eigenvalue weighted by Crippen LogP contribution is -2.58. The zero-order valence-corrected chi connectivity index (χ0v) is 21.8. The average molecular weight is 482 g/mol. The Morgan fingerprint density at radius 1 is 1.09 bits per heavy atom. The van der Waals surface area contributed by atoms with Crippen molar-refractivity contribution < 1.29 is 19.5 Å². The van der Waals surface area contributed by atoms with Crippen LogP contribution in [0.2, 0.25) is 0 Å². The Morgan fingerprint density at radius 2 is 1.69 bits per heavy atom. The Hall–Kier alpha value is -3.19. The Bertz CT molecular complexity index is 1100. The SMILES string of the molecule is CC(=C[C@H](C(C)C)N(C)C(=O)[C@@H](NC(=O)[C@@H](N)Cc1cccc2ccccc12)C(C)(C)C)C(=O)O. The number of rotatable bonds is 9. The molecule has 0 fully saturated rings. The quantitative estimate of drug-likeness (QED) is 0.472. The number of likely N-dealkylation sites (N-methyl/N-ethyl adjacent to an activating group) is 1. The van der Waals surface area contributed by atoms with Gasteiger partial charge in [0, 0.05) is 12.6 Å². The van der Waals surface area contributed by atoms with Gasteiger partial charge in [-0.2, -0.15) is 0 Å². The summed E-state index contributed by atoms with van der Waals surface area (Å²) in [5.41, 5.74) is 6.85. The average Bonchev–Trinajstić information content (AvgIpc) is 2.78. The zero-order valence-electron chi connectivity index (χ0n) is 21.8. The number of amides is 2. The summed E-state index contributed by atoms with van der Waals surface area (Å²) in [6.45, 7) is 11.0. The second-order valence-electron chi connectivity index (χ2n) is 10.6. The van der Waals surface area contributed by atoms with Crippen molar-refractivity contribution in [2.75, 3.05) is 7.05 Å². The molecule has 0 unspecified atom stereocenters. The highest BCUT2D eigenvalue weighted by Gasteiger charge is 2.37. The minimum absolute atomic E-state index is 0.0248. The molecule has 7 nitrogen and oxygen atoms in total. The second-order valence-corrected chi connectivity index (χ2v) is 10.6. The van der Waals surface area contributed by atoms with Crippen LogP contribution in [0.3, 0.4) is 0 Å². The summed E-state index contributed by atoms with van der Waals surface area (Å²) in [5.74, 6) is -1.76. The number of carbonyl (C=O) groups excluding carboxylic acids is 2. The number of fused-ring (bicyclic) bond motifs is 1. The van der Waals surface area contributed by atoms with Gasteiger partial charge >= 0.3 is 5.97 Å². The lowest BCUT2D eigenvalue weighted by Gasteiger charge is -2.37. The van der Waals surface area contributed by atoms with Crippen molar-refractivity contribution in [2.45, 2.75) is 66.1 Å². The number of hydrogen-bond acceptors (Lipinski definition) is 4. The van der Waals surface area contributed by atoms with E-state index in [9.17, 15) is 19.5 Å². The molecule has 4 N–H and O–H groups in total. The molecule has 190 valence electrons. The van der Waals surface area contributed by atoms with Crippen LogP contribution in [0.4, 0.5) is 0 Å². The van der Waals surface area contributed by atoms with Crippen molar-refractivity contribution in [1.29, 1.82) is 0 Å². The van der Waals surface area contributed by atoms with E-state index in [0.717, 1.165) is 16.3 Å². The van der Waals surface area contributed by atoms with Gasteiger partial charge in [-0.05, 0) is 41.0 Å². The zero-order chi connectivity index (χ0) is 26.5. The summed E-state index contributed by atoms with van der Waals surface area (Å²) in [5, 5.41) is 14.3. The van der Waals surface area contributed by atoms with Crippen LogP contribution in [0.15, 0.2) is 54.1 Å². The van der Waals surface area contributed by atoms with E-state index in [1.54, 1.807) is 13.1 Å². The molecule has 0 saturated heterocycles. The van der Waals surface area contributed by atoms with E-state index in [-0.39, 0.29) is 17.4 Å². The molecule has 3 atom stereocenters. The number of benzene rings is 2.